The molecule has 0 bridgehead atoms. The highest BCUT2D eigenvalue weighted by Gasteiger charge is 2.16. The first-order valence-electron chi connectivity index (χ1n) is 8.06. The van der Waals surface area contributed by atoms with E-state index in [2.05, 4.69) is 20.4 Å². The lowest BCUT2D eigenvalue weighted by molar-refractivity contribution is 0.0888. The molecule has 2 aromatic heterocycles. The molecular formula is C18H18FN5O. The van der Waals surface area contributed by atoms with Gasteiger partial charge in [-0.25, -0.2) is 4.39 Å². The Hall–Kier alpha value is -3.09. The van der Waals surface area contributed by atoms with Crippen LogP contribution in [-0.4, -0.2) is 25.7 Å². The van der Waals surface area contributed by atoms with Crippen LogP contribution in [0.15, 0.2) is 48.8 Å². The molecule has 0 atom stereocenters. The predicted octanol–water partition coefficient (Wildman–Crippen LogP) is 3.53. The van der Waals surface area contributed by atoms with Crippen molar-refractivity contribution in [2.45, 2.75) is 26.3 Å². The number of aromatic nitrogens is 4. The minimum atomic E-state index is -0.288. The Labute approximate surface area is 144 Å². The molecule has 128 valence electrons. The number of nitrogens with one attached hydrogen (secondary N) is 1. The molecule has 0 aliphatic heterocycles. The Bertz CT molecular complexity index is 846. The number of rotatable bonds is 6. The van der Waals surface area contributed by atoms with Crippen LogP contribution in [0, 0.1) is 5.82 Å². The normalized spacial score (nSPS) is 10.6. The molecule has 3 aromatic rings. The zero-order valence-corrected chi connectivity index (χ0v) is 13.8. The second kappa shape index (κ2) is 7.65. The van der Waals surface area contributed by atoms with Crippen LogP contribution >= 0.6 is 0 Å². The first-order valence-corrected chi connectivity index (χ1v) is 8.06. The van der Waals surface area contributed by atoms with Gasteiger partial charge in [0.15, 0.2) is 5.82 Å². The van der Waals surface area contributed by atoms with Gasteiger partial charge >= 0.3 is 0 Å². The minimum Gasteiger partial charge on any atom is -0.350 e. The third kappa shape index (κ3) is 4.06. The highest BCUT2D eigenvalue weighted by Crippen LogP contribution is 2.18. The summed E-state index contributed by atoms with van der Waals surface area (Å²) in [5.41, 5.74) is 1.61. The monoisotopic (exact) mass is 339 g/mol. The van der Waals surface area contributed by atoms with Crippen LogP contribution in [0.3, 0.4) is 0 Å². The molecule has 1 aromatic carbocycles. The molecule has 1 N–H and O–H groups in total. The summed E-state index contributed by atoms with van der Waals surface area (Å²) in [7, 11) is 0. The van der Waals surface area contributed by atoms with Crippen LogP contribution in [-0.2, 0) is 6.54 Å². The molecule has 0 spiro atoms. The molecule has 7 heteroatoms. The largest absolute Gasteiger partial charge is 0.350 e. The van der Waals surface area contributed by atoms with E-state index in [0.717, 1.165) is 17.5 Å². The lowest BCUT2D eigenvalue weighted by Gasteiger charge is -2.06. The smallest absolute Gasteiger partial charge is 0.250 e. The zero-order valence-electron chi connectivity index (χ0n) is 13.8. The van der Waals surface area contributed by atoms with Gasteiger partial charge in [0, 0.05) is 30.9 Å². The molecule has 0 saturated carbocycles. The van der Waals surface area contributed by atoms with Crippen molar-refractivity contribution < 1.29 is 9.18 Å². The number of nitrogens with zero attached hydrogens (tertiary/aromatic N) is 4. The van der Waals surface area contributed by atoms with E-state index in [4.69, 9.17) is 0 Å². The fourth-order valence-electron chi connectivity index (χ4n) is 2.32. The van der Waals surface area contributed by atoms with Crippen molar-refractivity contribution in [1.82, 2.24) is 19.7 Å². The lowest BCUT2D eigenvalue weighted by Crippen LogP contribution is -2.16. The topological polar surface area (TPSA) is 72.7 Å². The predicted molar refractivity (Wildman–Crippen MR) is 92.5 cm³/mol. The minimum absolute atomic E-state index is 0.133. The number of pyridine rings is 1. The Morgan fingerprint density at radius 3 is 2.72 bits per heavy atom. The van der Waals surface area contributed by atoms with Gasteiger partial charge in [0.1, 0.15) is 5.82 Å². The lowest BCUT2D eigenvalue weighted by atomic mass is 10.2. The molecule has 6 nitrogen and oxygen atoms in total. The van der Waals surface area contributed by atoms with Gasteiger partial charge in [-0.15, -0.1) is 5.10 Å². The summed E-state index contributed by atoms with van der Waals surface area (Å²) in [6.45, 7) is 2.34. The van der Waals surface area contributed by atoms with Gasteiger partial charge in [0.2, 0.25) is 11.9 Å². The van der Waals surface area contributed by atoms with Crippen molar-refractivity contribution in [2.24, 2.45) is 0 Å². The van der Waals surface area contributed by atoms with E-state index in [-0.39, 0.29) is 11.7 Å². The molecule has 0 unspecified atom stereocenters. The van der Waals surface area contributed by atoms with E-state index < -0.39 is 0 Å². The van der Waals surface area contributed by atoms with Gasteiger partial charge < -0.3 is 5.32 Å². The van der Waals surface area contributed by atoms with Gasteiger partial charge in [0.05, 0.1) is 0 Å². The highest BCUT2D eigenvalue weighted by atomic mass is 19.1. The summed E-state index contributed by atoms with van der Waals surface area (Å²) >= 11 is 0. The maximum absolute atomic E-state index is 13.0. The number of hydrogen-bond donors (Lipinski definition) is 1. The average Bonchev–Trinajstić information content (AvgIpc) is 3.07. The van der Waals surface area contributed by atoms with E-state index in [1.54, 1.807) is 30.6 Å². The van der Waals surface area contributed by atoms with E-state index in [9.17, 15) is 9.18 Å². The molecule has 0 fully saturated rings. The third-order valence-electron chi connectivity index (χ3n) is 3.59. The standard InChI is InChI=1S/C18H18FN5O/c1-2-4-16(25)24-18(21-11-13-6-8-15(19)9-7-13)22-17(23-24)14-5-3-10-20-12-14/h3,5-10,12H,2,4,11H2,1H3,(H,21,22,23). The Balaban J connectivity index is 1.86. The Kier molecular flexibility index (Phi) is 5.13. The van der Waals surface area contributed by atoms with E-state index in [0.29, 0.717) is 24.7 Å². The molecule has 0 radical (unpaired) electrons. The number of hydrogen-bond acceptors (Lipinski definition) is 5. The van der Waals surface area contributed by atoms with Crippen LogP contribution in [0.2, 0.25) is 0 Å². The molecule has 0 aliphatic carbocycles. The molecular weight excluding hydrogens is 321 g/mol. The fourth-order valence-corrected chi connectivity index (χ4v) is 2.32. The van der Waals surface area contributed by atoms with Crippen molar-refractivity contribution >= 4 is 11.9 Å². The third-order valence-corrected chi connectivity index (χ3v) is 3.59. The van der Waals surface area contributed by atoms with E-state index in [1.807, 2.05) is 13.0 Å². The Morgan fingerprint density at radius 1 is 1.24 bits per heavy atom. The van der Waals surface area contributed by atoms with Gasteiger partial charge in [0.25, 0.3) is 0 Å². The number of carbonyl (C=O) groups is 1. The van der Waals surface area contributed by atoms with Crippen molar-refractivity contribution in [3.8, 4) is 11.4 Å². The SMILES string of the molecule is CCCC(=O)n1nc(-c2cccnc2)nc1NCc1ccc(F)cc1. The average molecular weight is 339 g/mol. The summed E-state index contributed by atoms with van der Waals surface area (Å²) in [5.74, 6) is 0.372. The number of carbonyl (C=O) groups excluding carboxylic acids is 1. The maximum atomic E-state index is 13.0. The van der Waals surface area contributed by atoms with Crippen LogP contribution in [0.4, 0.5) is 10.3 Å². The maximum Gasteiger partial charge on any atom is 0.250 e. The second-order valence-electron chi connectivity index (χ2n) is 5.54. The molecule has 0 amide bonds. The number of anilines is 1. The van der Waals surface area contributed by atoms with Crippen LogP contribution in [0.25, 0.3) is 11.4 Å². The van der Waals surface area contributed by atoms with Gasteiger partial charge in [-0.1, -0.05) is 19.1 Å². The van der Waals surface area contributed by atoms with Crippen LogP contribution in [0.1, 0.15) is 30.1 Å². The first kappa shape index (κ1) is 16.8. The van der Waals surface area contributed by atoms with E-state index >= 15 is 0 Å². The molecule has 2 heterocycles. The van der Waals surface area contributed by atoms with E-state index in [1.165, 1.54) is 16.8 Å². The molecule has 25 heavy (non-hydrogen) atoms. The Morgan fingerprint density at radius 2 is 2.04 bits per heavy atom. The summed E-state index contributed by atoms with van der Waals surface area (Å²) in [6, 6.07) is 9.77. The van der Waals surface area contributed by atoms with Crippen LogP contribution in [0.5, 0.6) is 0 Å². The van der Waals surface area contributed by atoms with Crippen molar-refractivity contribution in [2.75, 3.05) is 5.32 Å². The zero-order chi connectivity index (χ0) is 17.6. The van der Waals surface area contributed by atoms with Crippen molar-refractivity contribution in [3.05, 3.63) is 60.2 Å². The molecule has 0 aliphatic rings. The second-order valence-corrected chi connectivity index (χ2v) is 5.54. The van der Waals surface area contributed by atoms with Gasteiger partial charge in [-0.2, -0.15) is 9.67 Å². The summed E-state index contributed by atoms with van der Waals surface area (Å²) < 4.78 is 14.3. The first-order chi connectivity index (χ1) is 12.2. The summed E-state index contributed by atoms with van der Waals surface area (Å²) in [5, 5.41) is 7.42. The quantitative estimate of drug-likeness (QED) is 0.744. The molecule has 0 saturated heterocycles. The van der Waals surface area contributed by atoms with Gasteiger partial charge in [-0.3, -0.25) is 9.78 Å². The van der Waals surface area contributed by atoms with Crippen LogP contribution < -0.4 is 5.32 Å². The van der Waals surface area contributed by atoms with Crippen molar-refractivity contribution in [1.29, 1.82) is 0 Å². The fraction of sp³-hybridized carbons (Fsp3) is 0.222. The number of halogens is 1. The van der Waals surface area contributed by atoms with Gasteiger partial charge in [-0.05, 0) is 36.2 Å². The number of benzene rings is 1. The summed E-state index contributed by atoms with van der Waals surface area (Å²) in [4.78, 5) is 20.8. The molecule has 3 rings (SSSR count). The highest BCUT2D eigenvalue weighted by molar-refractivity contribution is 5.81. The summed E-state index contributed by atoms with van der Waals surface area (Å²) in [6.07, 6.45) is 4.41. The van der Waals surface area contributed by atoms with Crippen molar-refractivity contribution in [3.63, 3.8) is 0 Å².